The van der Waals surface area contributed by atoms with Gasteiger partial charge in [-0.05, 0) is 0 Å². The summed E-state index contributed by atoms with van der Waals surface area (Å²) in [5.41, 5.74) is 1.76. The first kappa shape index (κ1) is 9.14. The first-order valence-corrected chi connectivity index (χ1v) is 5.53. The number of fused-ring (bicyclic) bond motifs is 1. The summed E-state index contributed by atoms with van der Waals surface area (Å²) in [7, 11) is 0. The molecule has 0 spiro atoms. The fourth-order valence-corrected chi connectivity index (χ4v) is 1.79. The van der Waals surface area contributed by atoms with Gasteiger partial charge in [-0.2, -0.15) is 0 Å². The Bertz CT molecular complexity index is 477. The summed E-state index contributed by atoms with van der Waals surface area (Å²) in [6.45, 7) is 0. The molecule has 1 heterocycles. The van der Waals surface area contributed by atoms with Crippen molar-refractivity contribution < 1.29 is 24.5 Å². The minimum atomic E-state index is 0.368. The molecular weight excluding hydrogens is 357 g/mol. The van der Waals surface area contributed by atoms with Crippen LogP contribution in [0, 0.1) is 0 Å². The van der Waals surface area contributed by atoms with Gasteiger partial charge in [0, 0.05) is 0 Å². The van der Waals surface area contributed by atoms with E-state index < -0.39 is 0 Å². The van der Waals surface area contributed by atoms with E-state index in [-0.39, 0.29) is 0 Å². The number of aliphatic hydroxyl groups excluding tert-OH is 1. The summed E-state index contributed by atoms with van der Waals surface area (Å²) in [5, 5.41) is 11.0. The third kappa shape index (κ3) is 1.75. The van der Waals surface area contributed by atoms with Crippen molar-refractivity contribution >= 4 is 26.6 Å². The molecule has 0 fully saturated rings. The molecule has 1 aromatic carbocycles. The zero-order valence-corrected chi connectivity index (χ0v) is 10.2. The first-order valence-electron chi connectivity index (χ1n) is 3.68. The standard InChI is InChI=1S/C9H6ClNO.W/c10-7-1-2-9-6(3-7)4-8(5-12)11-9;/h1-4,11-12H;. The molecule has 0 amide bonds. The quantitative estimate of drug-likeness (QED) is 0.801. The molecule has 4 heteroatoms. The second kappa shape index (κ2) is 3.37. The van der Waals surface area contributed by atoms with Crippen LogP contribution in [-0.4, -0.2) is 14.2 Å². The van der Waals surface area contributed by atoms with Gasteiger partial charge >= 0.3 is 91.0 Å². The van der Waals surface area contributed by atoms with E-state index in [4.69, 9.17) is 11.6 Å². The molecule has 2 nitrogen and oxygen atoms in total. The molecule has 0 aliphatic heterocycles. The van der Waals surface area contributed by atoms with Crippen LogP contribution >= 0.6 is 11.6 Å². The predicted octanol–water partition coefficient (Wildman–Crippen LogP) is 2.22. The maximum atomic E-state index is 9.28. The molecule has 0 aliphatic rings. The Morgan fingerprint density at radius 1 is 1.38 bits per heavy atom. The average molecular weight is 363 g/mol. The van der Waals surface area contributed by atoms with Crippen molar-refractivity contribution in [1.82, 2.24) is 4.98 Å². The van der Waals surface area contributed by atoms with Crippen LogP contribution in [0.15, 0.2) is 24.3 Å². The van der Waals surface area contributed by atoms with Gasteiger partial charge in [0.1, 0.15) is 0 Å². The number of aliphatic hydroxyl groups is 1. The van der Waals surface area contributed by atoms with Gasteiger partial charge in [0.25, 0.3) is 0 Å². The topological polar surface area (TPSA) is 36.0 Å². The van der Waals surface area contributed by atoms with E-state index in [1.807, 2.05) is 24.3 Å². The molecule has 66 valence electrons. The number of halogens is 1. The van der Waals surface area contributed by atoms with Crippen molar-refractivity contribution in [3.63, 3.8) is 0 Å². The van der Waals surface area contributed by atoms with Gasteiger partial charge in [0.05, 0.1) is 0 Å². The molecule has 0 aliphatic carbocycles. The molecule has 2 aromatic rings. The first-order chi connectivity index (χ1) is 6.16. The Hall–Kier alpha value is -0.432. The van der Waals surface area contributed by atoms with Crippen LogP contribution < -0.4 is 0 Å². The number of H-pyrrole nitrogens is 1. The Morgan fingerprint density at radius 2 is 2.15 bits per heavy atom. The van der Waals surface area contributed by atoms with Gasteiger partial charge in [-0.15, -0.1) is 0 Å². The number of hydrogen-bond acceptors (Lipinski definition) is 1. The van der Waals surface area contributed by atoms with E-state index in [0.717, 1.165) is 36.0 Å². The second-order valence-electron chi connectivity index (χ2n) is 2.72. The molecule has 13 heavy (non-hydrogen) atoms. The Kier molecular flexibility index (Phi) is 2.37. The molecular formula is C9H6ClNOW. The van der Waals surface area contributed by atoms with Crippen LogP contribution in [0.1, 0.15) is 5.69 Å². The molecule has 0 atom stereocenters. The van der Waals surface area contributed by atoms with Gasteiger partial charge < -0.3 is 0 Å². The number of nitrogens with one attached hydrogen (secondary N) is 1. The summed E-state index contributed by atoms with van der Waals surface area (Å²) in [4.78, 5) is 3.10. The molecule has 2 N–H and O–H groups in total. The number of aromatic nitrogens is 1. The normalized spacial score (nSPS) is 10.6. The average Bonchev–Trinajstić information content (AvgIpc) is 2.46. The summed E-state index contributed by atoms with van der Waals surface area (Å²) < 4.78 is 0.368. The summed E-state index contributed by atoms with van der Waals surface area (Å²) in [5.74, 6) is 0. The zero-order chi connectivity index (χ0) is 9.42. The van der Waals surface area contributed by atoms with Crippen LogP contribution in [0.2, 0.25) is 5.02 Å². The van der Waals surface area contributed by atoms with E-state index in [9.17, 15) is 5.11 Å². The van der Waals surface area contributed by atoms with Gasteiger partial charge in [-0.25, -0.2) is 0 Å². The Labute approximate surface area is 90.9 Å². The van der Waals surface area contributed by atoms with Crippen molar-refractivity contribution in [1.29, 1.82) is 0 Å². The number of aromatic amines is 1. The van der Waals surface area contributed by atoms with Gasteiger partial charge in [0.15, 0.2) is 0 Å². The summed E-state index contributed by atoms with van der Waals surface area (Å²) in [6, 6.07) is 7.49. The number of hydrogen-bond donors (Lipinski definition) is 2. The fraction of sp³-hybridized carbons (Fsp3) is 0. The van der Waals surface area contributed by atoms with Gasteiger partial charge in [-0.3, -0.25) is 0 Å². The van der Waals surface area contributed by atoms with Crippen molar-refractivity contribution in [2.45, 2.75) is 0 Å². The van der Waals surface area contributed by atoms with Crippen molar-refractivity contribution in [3.05, 3.63) is 35.0 Å². The van der Waals surface area contributed by atoms with Crippen molar-refractivity contribution in [3.8, 4) is 0 Å². The summed E-state index contributed by atoms with van der Waals surface area (Å²) >= 11 is 6.88. The van der Waals surface area contributed by atoms with Crippen LogP contribution in [-0.2, 0) is 19.4 Å². The van der Waals surface area contributed by atoms with E-state index in [2.05, 4.69) is 4.98 Å². The Balaban J connectivity index is 2.68. The third-order valence-corrected chi connectivity index (χ3v) is 2.84. The summed E-state index contributed by atoms with van der Waals surface area (Å²) in [6.07, 6.45) is 0. The van der Waals surface area contributed by atoms with Crippen LogP contribution in [0.4, 0.5) is 0 Å². The zero-order valence-electron chi connectivity index (χ0n) is 6.54. The fourth-order valence-electron chi connectivity index (χ4n) is 1.22. The van der Waals surface area contributed by atoms with Crippen molar-refractivity contribution in [2.75, 3.05) is 0 Å². The van der Waals surface area contributed by atoms with E-state index >= 15 is 0 Å². The van der Waals surface area contributed by atoms with Gasteiger partial charge in [-0.1, -0.05) is 0 Å². The predicted molar refractivity (Wildman–Crippen MR) is 49.4 cm³/mol. The molecule has 0 unspecified atom stereocenters. The molecule has 2 rings (SSSR count). The second-order valence-corrected chi connectivity index (χ2v) is 4.55. The van der Waals surface area contributed by atoms with Crippen LogP contribution in [0.3, 0.4) is 0 Å². The monoisotopic (exact) mass is 363 g/mol. The number of benzene rings is 1. The van der Waals surface area contributed by atoms with Crippen molar-refractivity contribution in [2.24, 2.45) is 0 Å². The third-order valence-electron chi connectivity index (χ3n) is 1.81. The maximum absolute atomic E-state index is 9.28. The van der Waals surface area contributed by atoms with Crippen LogP contribution in [0.25, 0.3) is 10.9 Å². The molecule has 0 saturated carbocycles. The number of rotatable bonds is 1. The SMILES string of the molecule is O[C](=[W])c1cc2cc(Cl)ccc2[nH]1. The molecule has 0 bridgehead atoms. The Morgan fingerprint density at radius 3 is 2.85 bits per heavy atom. The molecule has 0 saturated heterocycles. The minimum absolute atomic E-state index is 0.368. The van der Waals surface area contributed by atoms with E-state index in [0.29, 0.717) is 9.11 Å². The molecule has 0 radical (unpaired) electrons. The van der Waals surface area contributed by atoms with Crippen LogP contribution in [0.5, 0.6) is 0 Å². The van der Waals surface area contributed by atoms with E-state index in [1.165, 1.54) is 0 Å². The molecule has 1 aromatic heterocycles. The van der Waals surface area contributed by atoms with Gasteiger partial charge in [0.2, 0.25) is 0 Å². The van der Waals surface area contributed by atoms with E-state index in [1.54, 1.807) is 0 Å².